The highest BCUT2D eigenvalue weighted by Crippen LogP contribution is 2.30. The summed E-state index contributed by atoms with van der Waals surface area (Å²) >= 11 is 12.4. The molecule has 0 spiro atoms. The second-order valence-corrected chi connectivity index (χ2v) is 12.2. The molecule has 1 amide bonds. The van der Waals surface area contributed by atoms with Gasteiger partial charge in [-0.15, -0.1) is 0 Å². The second kappa shape index (κ2) is 12.9. The molecule has 11 nitrogen and oxygen atoms in total. The number of aromatic nitrogens is 1. The summed E-state index contributed by atoms with van der Waals surface area (Å²) in [6.45, 7) is 4.59. The number of anilines is 1. The first kappa shape index (κ1) is 31.5. The largest absolute Gasteiger partial charge is 0.497 e. The Morgan fingerprint density at radius 2 is 1.77 bits per heavy atom. The van der Waals surface area contributed by atoms with Crippen LogP contribution in [-0.4, -0.2) is 43.7 Å². The average Bonchev–Trinajstić information content (AvgIpc) is 3.24. The molecule has 0 fully saturated rings. The maximum Gasteiger partial charge on any atom is 0.273 e. The van der Waals surface area contributed by atoms with Crippen molar-refractivity contribution >= 4 is 56.7 Å². The average molecular weight is 645 g/mol. The predicted molar refractivity (Wildman–Crippen MR) is 166 cm³/mol. The van der Waals surface area contributed by atoms with Gasteiger partial charge in [-0.2, -0.15) is 5.10 Å². The number of hydrogen-bond donors (Lipinski definition) is 1. The Bertz CT molecular complexity index is 1840. The zero-order chi connectivity index (χ0) is 31.5. The predicted octanol–water partition coefficient (Wildman–Crippen LogP) is 5.97. The van der Waals surface area contributed by atoms with Crippen LogP contribution < -0.4 is 14.5 Å². The lowest BCUT2D eigenvalue weighted by atomic mass is 10.2. The van der Waals surface area contributed by atoms with Crippen LogP contribution in [0.5, 0.6) is 5.75 Å². The number of rotatable bonds is 10. The van der Waals surface area contributed by atoms with E-state index in [1.165, 1.54) is 56.6 Å². The molecule has 0 saturated heterocycles. The molecule has 1 N–H and O–H groups in total. The highest BCUT2D eigenvalue weighted by molar-refractivity contribution is 7.92. The van der Waals surface area contributed by atoms with E-state index in [-0.39, 0.29) is 16.3 Å². The number of hydrogen-bond acceptors (Lipinski definition) is 7. The number of sulfonamides is 1. The molecule has 1 aromatic heterocycles. The van der Waals surface area contributed by atoms with Gasteiger partial charge in [0.25, 0.3) is 21.6 Å². The molecule has 0 unspecified atom stereocenters. The number of nitro groups is 1. The number of carbonyl (C=O) groups is 1. The molecule has 0 bridgehead atoms. The van der Waals surface area contributed by atoms with E-state index in [9.17, 15) is 23.3 Å². The lowest BCUT2D eigenvalue weighted by Gasteiger charge is -2.24. The van der Waals surface area contributed by atoms with Crippen LogP contribution in [0.25, 0.3) is 5.69 Å². The van der Waals surface area contributed by atoms with Crippen LogP contribution in [-0.2, 0) is 14.8 Å². The molecule has 4 aromatic rings. The Kier molecular flexibility index (Phi) is 9.43. The molecule has 0 radical (unpaired) electrons. The number of ether oxygens (including phenoxy) is 1. The molecule has 43 heavy (non-hydrogen) atoms. The fourth-order valence-corrected chi connectivity index (χ4v) is 6.36. The number of methoxy groups -OCH3 is 1. The van der Waals surface area contributed by atoms with Crippen LogP contribution >= 0.6 is 23.2 Å². The molecule has 0 saturated carbocycles. The molecule has 14 heteroatoms. The van der Waals surface area contributed by atoms with Crippen molar-refractivity contribution in [3.63, 3.8) is 0 Å². The number of hydrazone groups is 1. The quantitative estimate of drug-likeness (QED) is 0.128. The maximum atomic E-state index is 13.7. The first-order valence-electron chi connectivity index (χ1n) is 12.7. The monoisotopic (exact) mass is 643 g/mol. The summed E-state index contributed by atoms with van der Waals surface area (Å²) in [5, 5.41) is 16.5. The number of nitro benzene ring substituents is 1. The number of amides is 1. The first-order chi connectivity index (χ1) is 20.3. The van der Waals surface area contributed by atoms with Crippen molar-refractivity contribution in [2.45, 2.75) is 25.7 Å². The van der Waals surface area contributed by atoms with Gasteiger partial charge in [0, 0.05) is 33.6 Å². The molecule has 4 rings (SSSR count). The van der Waals surface area contributed by atoms with E-state index in [1.54, 1.807) is 18.2 Å². The number of nitrogens with one attached hydrogen (secondary N) is 1. The summed E-state index contributed by atoms with van der Waals surface area (Å²) in [4.78, 5) is 23.5. The van der Waals surface area contributed by atoms with Gasteiger partial charge >= 0.3 is 0 Å². The smallest absolute Gasteiger partial charge is 0.273 e. The van der Waals surface area contributed by atoms with Crippen molar-refractivity contribution in [3.8, 4) is 11.4 Å². The van der Waals surface area contributed by atoms with E-state index in [0.29, 0.717) is 26.9 Å². The maximum absolute atomic E-state index is 13.7. The van der Waals surface area contributed by atoms with Crippen LogP contribution in [0.3, 0.4) is 0 Å². The Labute approximate surface area is 258 Å². The highest BCUT2D eigenvalue weighted by Gasteiger charge is 2.29. The van der Waals surface area contributed by atoms with Crippen molar-refractivity contribution in [3.05, 3.63) is 109 Å². The Morgan fingerprint density at radius 3 is 2.40 bits per heavy atom. The van der Waals surface area contributed by atoms with Crippen molar-refractivity contribution < 1.29 is 22.9 Å². The van der Waals surface area contributed by atoms with Gasteiger partial charge in [-0.3, -0.25) is 19.2 Å². The number of halogens is 2. The molecular formula is C29H27Cl2N5O6S. The molecule has 0 aliphatic rings. The van der Waals surface area contributed by atoms with E-state index >= 15 is 0 Å². The van der Waals surface area contributed by atoms with Crippen LogP contribution in [0.1, 0.15) is 22.5 Å². The van der Waals surface area contributed by atoms with E-state index < -0.39 is 27.4 Å². The number of benzene rings is 3. The highest BCUT2D eigenvalue weighted by atomic mass is 35.5. The minimum Gasteiger partial charge on any atom is -0.497 e. The fourth-order valence-electron chi connectivity index (χ4n) is 4.43. The zero-order valence-electron chi connectivity index (χ0n) is 23.5. The normalized spacial score (nSPS) is 11.5. The van der Waals surface area contributed by atoms with Crippen molar-refractivity contribution in [1.29, 1.82) is 0 Å². The van der Waals surface area contributed by atoms with Crippen molar-refractivity contribution in [2.24, 2.45) is 5.10 Å². The third-order valence-electron chi connectivity index (χ3n) is 6.63. The molecule has 224 valence electrons. The van der Waals surface area contributed by atoms with Crippen LogP contribution in [0.4, 0.5) is 11.4 Å². The summed E-state index contributed by atoms with van der Waals surface area (Å²) in [5.74, 6) is -0.273. The SMILES string of the molecule is COc1ccc(N(CC(=O)N/N=C/c2cc(C)n(-c3ccc(Cl)cc3Cl)c2C)S(=O)(=O)c2ccc(C)c([N+](=O)[O-])c2)cc1. The third-order valence-corrected chi connectivity index (χ3v) is 8.93. The minimum absolute atomic E-state index is 0.145. The lowest BCUT2D eigenvalue weighted by molar-refractivity contribution is -0.385. The zero-order valence-corrected chi connectivity index (χ0v) is 25.9. The number of nitrogens with zero attached hydrogens (tertiary/aromatic N) is 4. The van der Waals surface area contributed by atoms with Gasteiger partial charge in [0.2, 0.25) is 0 Å². The summed E-state index contributed by atoms with van der Waals surface area (Å²) in [5.41, 5.74) is 5.52. The van der Waals surface area contributed by atoms with Gasteiger partial charge in [0.15, 0.2) is 0 Å². The van der Waals surface area contributed by atoms with E-state index in [1.807, 2.05) is 24.5 Å². The van der Waals surface area contributed by atoms with Gasteiger partial charge in [-0.1, -0.05) is 29.3 Å². The Hall–Kier alpha value is -4.39. The number of carbonyl (C=O) groups excluding carboxylic acids is 1. The standard InChI is InChI=1S/C29H27Cl2N5O6S/c1-18-5-11-25(15-28(18)36(38)39)43(40,41)34(23-7-9-24(42-4)10-8-23)17-29(37)33-32-16-21-13-19(2)35(20(21)3)27-12-6-22(30)14-26(27)31/h5-16H,17H2,1-4H3,(H,33,37)/b32-16+. The molecule has 3 aromatic carbocycles. The second-order valence-electron chi connectivity index (χ2n) is 9.47. The van der Waals surface area contributed by atoms with Crippen molar-refractivity contribution in [2.75, 3.05) is 18.0 Å². The van der Waals surface area contributed by atoms with Crippen molar-refractivity contribution in [1.82, 2.24) is 9.99 Å². The molecular weight excluding hydrogens is 617 g/mol. The third kappa shape index (κ3) is 6.82. The van der Waals surface area contributed by atoms with Gasteiger partial charge < -0.3 is 9.30 Å². The van der Waals surface area contributed by atoms with E-state index in [2.05, 4.69) is 10.5 Å². The minimum atomic E-state index is -4.42. The van der Waals surface area contributed by atoms with Gasteiger partial charge in [0.1, 0.15) is 12.3 Å². The fraction of sp³-hybridized carbons (Fsp3) is 0.172. The topological polar surface area (TPSA) is 136 Å². The molecule has 0 atom stereocenters. The van der Waals surface area contributed by atoms with E-state index in [0.717, 1.165) is 27.4 Å². The number of aryl methyl sites for hydroxylation is 2. The van der Waals surface area contributed by atoms with Crippen LogP contribution in [0.15, 0.2) is 76.7 Å². The van der Waals surface area contributed by atoms with E-state index in [4.69, 9.17) is 27.9 Å². The van der Waals surface area contributed by atoms with Gasteiger partial charge in [0.05, 0.1) is 39.5 Å². The van der Waals surface area contributed by atoms with Gasteiger partial charge in [-0.25, -0.2) is 13.8 Å². The van der Waals surface area contributed by atoms with Gasteiger partial charge in [-0.05, 0) is 75.4 Å². The Morgan fingerprint density at radius 1 is 1.07 bits per heavy atom. The lowest BCUT2D eigenvalue weighted by Crippen LogP contribution is -2.39. The summed E-state index contributed by atoms with van der Waals surface area (Å²) in [6, 6.07) is 16.6. The Balaban J connectivity index is 1.60. The summed E-state index contributed by atoms with van der Waals surface area (Å²) < 4.78 is 35.3. The molecule has 0 aliphatic heterocycles. The van der Waals surface area contributed by atoms with Crippen LogP contribution in [0.2, 0.25) is 10.0 Å². The first-order valence-corrected chi connectivity index (χ1v) is 14.9. The summed E-state index contributed by atoms with van der Waals surface area (Å²) in [7, 11) is -2.96. The van der Waals surface area contributed by atoms with Crippen LogP contribution in [0, 0.1) is 30.9 Å². The molecule has 1 heterocycles. The summed E-state index contributed by atoms with van der Waals surface area (Å²) in [6.07, 6.45) is 1.44. The molecule has 0 aliphatic carbocycles.